The Morgan fingerprint density at radius 2 is 2.21 bits per heavy atom. The van der Waals surface area contributed by atoms with E-state index in [4.69, 9.17) is 0 Å². The lowest BCUT2D eigenvalue weighted by atomic mass is 10.2. The Hall–Kier alpha value is -1.73. The second-order valence-electron chi connectivity index (χ2n) is 3.88. The van der Waals surface area contributed by atoms with Gasteiger partial charge in [0.05, 0.1) is 3.79 Å². The van der Waals surface area contributed by atoms with Gasteiger partial charge in [-0.2, -0.15) is 5.21 Å². The highest BCUT2D eigenvalue weighted by Gasteiger charge is 2.04. The van der Waals surface area contributed by atoms with Gasteiger partial charge in [0.1, 0.15) is 0 Å². The second-order valence-corrected chi connectivity index (χ2v) is 6.42. The molecule has 0 unspecified atom stereocenters. The summed E-state index contributed by atoms with van der Waals surface area (Å²) in [6, 6.07) is 12.1. The standard InChI is InChI=1S/C12H10BrN5S/c13-11-5-4-10(19-11)7-14-9-3-1-2-8(6-9)12-15-17-18-16-12/h1-6,14H,7H2,(H,15,16,17,18). The van der Waals surface area contributed by atoms with Crippen molar-refractivity contribution in [3.8, 4) is 11.4 Å². The topological polar surface area (TPSA) is 66.5 Å². The Balaban J connectivity index is 1.73. The van der Waals surface area contributed by atoms with Gasteiger partial charge in [0.25, 0.3) is 0 Å². The molecule has 2 aromatic heterocycles. The molecule has 0 atom stereocenters. The van der Waals surface area contributed by atoms with E-state index < -0.39 is 0 Å². The minimum absolute atomic E-state index is 0.600. The van der Waals surface area contributed by atoms with E-state index in [2.05, 4.69) is 54.0 Å². The normalized spacial score (nSPS) is 10.6. The molecule has 0 radical (unpaired) electrons. The van der Waals surface area contributed by atoms with Crippen LogP contribution in [0.15, 0.2) is 40.2 Å². The number of H-pyrrole nitrogens is 1. The molecule has 3 aromatic rings. The molecule has 3 rings (SSSR count). The molecule has 0 fully saturated rings. The third-order valence-corrected chi connectivity index (χ3v) is 4.19. The van der Waals surface area contributed by atoms with Crippen LogP contribution in [0.25, 0.3) is 11.4 Å². The number of nitrogens with one attached hydrogen (secondary N) is 2. The molecule has 1 aromatic carbocycles. The van der Waals surface area contributed by atoms with Crippen molar-refractivity contribution >= 4 is 33.0 Å². The zero-order valence-corrected chi connectivity index (χ0v) is 12.2. The van der Waals surface area contributed by atoms with Gasteiger partial charge in [-0.3, -0.25) is 0 Å². The number of halogens is 1. The highest BCUT2D eigenvalue weighted by atomic mass is 79.9. The van der Waals surface area contributed by atoms with Crippen LogP contribution in [0.3, 0.4) is 0 Å². The van der Waals surface area contributed by atoms with Crippen LogP contribution < -0.4 is 5.32 Å². The van der Waals surface area contributed by atoms with E-state index in [1.807, 2.05) is 24.3 Å². The number of aromatic amines is 1. The Bertz CT molecular complexity index is 664. The molecule has 0 saturated carbocycles. The molecule has 5 nitrogen and oxygen atoms in total. The minimum atomic E-state index is 0.600. The van der Waals surface area contributed by atoms with Gasteiger partial charge in [-0.15, -0.1) is 21.5 Å². The number of anilines is 1. The quantitative estimate of drug-likeness (QED) is 0.767. The minimum Gasteiger partial charge on any atom is -0.380 e. The summed E-state index contributed by atoms with van der Waals surface area (Å²) in [7, 11) is 0. The van der Waals surface area contributed by atoms with Crippen LogP contribution in [0, 0.1) is 0 Å². The number of nitrogens with zero attached hydrogens (tertiary/aromatic N) is 3. The van der Waals surface area contributed by atoms with E-state index in [0.29, 0.717) is 5.82 Å². The molecule has 0 aliphatic rings. The fourth-order valence-electron chi connectivity index (χ4n) is 1.69. The van der Waals surface area contributed by atoms with Gasteiger partial charge in [0, 0.05) is 22.7 Å². The zero-order chi connectivity index (χ0) is 13.1. The molecular weight excluding hydrogens is 326 g/mol. The van der Waals surface area contributed by atoms with Crippen LogP contribution in [-0.4, -0.2) is 20.6 Å². The summed E-state index contributed by atoms with van der Waals surface area (Å²) in [5, 5.41) is 17.3. The molecule has 0 aliphatic heterocycles. The molecule has 7 heteroatoms. The van der Waals surface area contributed by atoms with Gasteiger partial charge < -0.3 is 5.32 Å². The average molecular weight is 336 g/mol. The smallest absolute Gasteiger partial charge is 0.204 e. The van der Waals surface area contributed by atoms with Gasteiger partial charge in [-0.1, -0.05) is 12.1 Å². The first-order valence-corrected chi connectivity index (χ1v) is 7.24. The number of hydrogen-bond donors (Lipinski definition) is 2. The van der Waals surface area contributed by atoms with E-state index in [1.165, 1.54) is 4.88 Å². The van der Waals surface area contributed by atoms with Crippen LogP contribution in [-0.2, 0) is 6.54 Å². The van der Waals surface area contributed by atoms with Crippen LogP contribution in [0.1, 0.15) is 4.88 Å². The molecular formula is C12H10BrN5S. The lowest BCUT2D eigenvalue weighted by Gasteiger charge is -2.05. The Morgan fingerprint density at radius 3 is 2.95 bits per heavy atom. The molecule has 0 bridgehead atoms. The maximum atomic E-state index is 3.97. The molecule has 0 spiro atoms. The van der Waals surface area contributed by atoms with E-state index >= 15 is 0 Å². The van der Waals surface area contributed by atoms with Crippen molar-refractivity contribution < 1.29 is 0 Å². The Morgan fingerprint density at radius 1 is 1.26 bits per heavy atom. The Labute approximate surface area is 122 Å². The van der Waals surface area contributed by atoms with Crippen LogP contribution >= 0.6 is 27.3 Å². The highest BCUT2D eigenvalue weighted by molar-refractivity contribution is 9.11. The van der Waals surface area contributed by atoms with Gasteiger partial charge in [0.15, 0.2) is 0 Å². The number of thiophene rings is 1. The molecule has 2 heterocycles. The highest BCUT2D eigenvalue weighted by Crippen LogP contribution is 2.24. The van der Waals surface area contributed by atoms with Crippen molar-refractivity contribution in [1.29, 1.82) is 0 Å². The SMILES string of the molecule is Brc1ccc(CNc2cccc(-c3nn[nH]n3)c2)s1. The van der Waals surface area contributed by atoms with Crippen LogP contribution in [0.5, 0.6) is 0 Å². The summed E-state index contributed by atoms with van der Waals surface area (Å²) in [4.78, 5) is 1.27. The fourth-order valence-corrected chi connectivity index (χ4v) is 3.11. The van der Waals surface area contributed by atoms with Crippen molar-refractivity contribution in [1.82, 2.24) is 20.6 Å². The van der Waals surface area contributed by atoms with Crippen molar-refractivity contribution in [3.63, 3.8) is 0 Å². The van der Waals surface area contributed by atoms with Crippen molar-refractivity contribution in [2.75, 3.05) is 5.32 Å². The first-order chi connectivity index (χ1) is 9.31. The number of benzene rings is 1. The summed E-state index contributed by atoms with van der Waals surface area (Å²) in [6.07, 6.45) is 0. The maximum Gasteiger partial charge on any atom is 0.204 e. The fraction of sp³-hybridized carbons (Fsp3) is 0.0833. The summed E-state index contributed by atoms with van der Waals surface area (Å²) >= 11 is 5.18. The third-order valence-electron chi connectivity index (χ3n) is 2.56. The van der Waals surface area contributed by atoms with Gasteiger partial charge in [-0.25, -0.2) is 0 Å². The molecule has 2 N–H and O–H groups in total. The van der Waals surface area contributed by atoms with Crippen LogP contribution in [0.2, 0.25) is 0 Å². The van der Waals surface area contributed by atoms with Crippen molar-refractivity contribution in [2.45, 2.75) is 6.54 Å². The van der Waals surface area contributed by atoms with Gasteiger partial charge in [-0.05, 0) is 45.4 Å². The van der Waals surface area contributed by atoms with E-state index in [9.17, 15) is 0 Å². The Kier molecular flexibility index (Phi) is 3.56. The number of hydrogen-bond acceptors (Lipinski definition) is 5. The zero-order valence-electron chi connectivity index (χ0n) is 9.80. The first-order valence-electron chi connectivity index (χ1n) is 5.63. The molecule has 19 heavy (non-hydrogen) atoms. The van der Waals surface area contributed by atoms with Gasteiger partial charge >= 0.3 is 0 Å². The third kappa shape index (κ3) is 2.99. The number of rotatable bonds is 4. The molecule has 96 valence electrons. The van der Waals surface area contributed by atoms with Crippen LogP contribution in [0.4, 0.5) is 5.69 Å². The van der Waals surface area contributed by atoms with Gasteiger partial charge in [0.2, 0.25) is 5.82 Å². The van der Waals surface area contributed by atoms with E-state index in [1.54, 1.807) is 11.3 Å². The summed E-state index contributed by atoms with van der Waals surface area (Å²) < 4.78 is 1.14. The predicted octanol–water partition coefficient (Wildman–Crippen LogP) is 3.30. The summed E-state index contributed by atoms with van der Waals surface area (Å²) in [5.74, 6) is 0.600. The summed E-state index contributed by atoms with van der Waals surface area (Å²) in [6.45, 7) is 0.798. The largest absolute Gasteiger partial charge is 0.380 e. The first kappa shape index (κ1) is 12.3. The second kappa shape index (κ2) is 5.50. The average Bonchev–Trinajstić information content (AvgIpc) is 3.08. The molecule has 0 aliphatic carbocycles. The van der Waals surface area contributed by atoms with E-state index in [-0.39, 0.29) is 0 Å². The van der Waals surface area contributed by atoms with Crippen molar-refractivity contribution in [2.24, 2.45) is 0 Å². The van der Waals surface area contributed by atoms with Crippen molar-refractivity contribution in [3.05, 3.63) is 45.1 Å². The lowest BCUT2D eigenvalue weighted by Crippen LogP contribution is -1.97. The lowest BCUT2D eigenvalue weighted by molar-refractivity contribution is 0.881. The number of tetrazole rings is 1. The molecule has 0 saturated heterocycles. The summed E-state index contributed by atoms with van der Waals surface area (Å²) in [5.41, 5.74) is 1.97. The number of aromatic nitrogens is 4. The maximum absolute atomic E-state index is 3.97. The molecule has 0 amide bonds. The van der Waals surface area contributed by atoms with E-state index in [0.717, 1.165) is 21.6 Å². The predicted molar refractivity (Wildman–Crippen MR) is 79.0 cm³/mol. The monoisotopic (exact) mass is 335 g/mol.